The largest absolute Gasteiger partial charge is 0.261 e. The van der Waals surface area contributed by atoms with E-state index in [0.717, 1.165) is 19.3 Å². The summed E-state index contributed by atoms with van der Waals surface area (Å²) in [7, 11) is 0. The molecule has 24 heavy (non-hydrogen) atoms. The van der Waals surface area contributed by atoms with Crippen molar-refractivity contribution in [3.63, 3.8) is 0 Å². The zero-order chi connectivity index (χ0) is 16.2. The zero-order valence-corrected chi connectivity index (χ0v) is 13.6. The molecule has 1 aliphatic rings. The number of nitrogens with zero attached hydrogens (tertiary/aromatic N) is 3. The van der Waals surface area contributed by atoms with Crippen LogP contribution in [0.25, 0.3) is 0 Å². The lowest BCUT2D eigenvalue weighted by Crippen LogP contribution is -2.21. The molecule has 3 nitrogen and oxygen atoms in total. The fourth-order valence-corrected chi connectivity index (χ4v) is 3.90. The van der Waals surface area contributed by atoms with Crippen molar-refractivity contribution in [2.45, 2.75) is 37.0 Å². The summed E-state index contributed by atoms with van der Waals surface area (Å²) in [5, 5.41) is 0. The van der Waals surface area contributed by atoms with Gasteiger partial charge >= 0.3 is 0 Å². The van der Waals surface area contributed by atoms with E-state index in [2.05, 4.69) is 51.4 Å². The van der Waals surface area contributed by atoms with Crippen molar-refractivity contribution in [2.75, 3.05) is 0 Å². The Kier molecular flexibility index (Phi) is 4.32. The van der Waals surface area contributed by atoms with Crippen LogP contribution < -0.4 is 0 Å². The van der Waals surface area contributed by atoms with Gasteiger partial charge < -0.3 is 0 Å². The second-order valence-electron chi connectivity index (χ2n) is 6.56. The molecule has 3 heteroatoms. The van der Waals surface area contributed by atoms with Gasteiger partial charge in [-0.2, -0.15) is 0 Å². The number of pyridine rings is 3. The molecule has 3 aromatic rings. The molecule has 1 fully saturated rings. The van der Waals surface area contributed by atoms with Crippen LogP contribution in [0.4, 0.5) is 0 Å². The van der Waals surface area contributed by atoms with Crippen LogP contribution in [0.1, 0.15) is 54.1 Å². The van der Waals surface area contributed by atoms with Crippen LogP contribution in [-0.2, 0) is 0 Å². The Bertz CT molecular complexity index is 645. The summed E-state index contributed by atoms with van der Waals surface area (Å²) >= 11 is 0. The Labute approximate surface area is 142 Å². The molecular formula is C21H21N3. The molecule has 120 valence electrons. The minimum absolute atomic E-state index is 0.457. The maximum absolute atomic E-state index is 4.62. The summed E-state index contributed by atoms with van der Waals surface area (Å²) in [5.41, 5.74) is 3.58. The van der Waals surface area contributed by atoms with E-state index < -0.39 is 0 Å². The van der Waals surface area contributed by atoms with Crippen molar-refractivity contribution >= 4 is 0 Å². The number of aromatic nitrogens is 3. The van der Waals surface area contributed by atoms with Crippen molar-refractivity contribution in [2.24, 2.45) is 0 Å². The van der Waals surface area contributed by atoms with Gasteiger partial charge in [-0.1, -0.05) is 18.2 Å². The highest BCUT2D eigenvalue weighted by atomic mass is 14.7. The summed E-state index contributed by atoms with van der Waals surface area (Å²) in [4.78, 5) is 13.9. The fraction of sp³-hybridized carbons (Fsp3) is 0.286. The maximum Gasteiger partial charge on any atom is 0.0434 e. The summed E-state index contributed by atoms with van der Waals surface area (Å²) in [5.74, 6) is 1.37. The first-order valence-electron chi connectivity index (χ1n) is 8.63. The van der Waals surface area contributed by atoms with Gasteiger partial charge in [0.05, 0.1) is 0 Å². The second-order valence-corrected chi connectivity index (χ2v) is 6.56. The second kappa shape index (κ2) is 6.91. The fourth-order valence-electron chi connectivity index (χ4n) is 3.90. The van der Waals surface area contributed by atoms with Gasteiger partial charge in [0.25, 0.3) is 0 Å². The molecule has 1 aliphatic carbocycles. The van der Waals surface area contributed by atoms with Gasteiger partial charge in [-0.05, 0) is 55.7 Å². The van der Waals surface area contributed by atoms with Crippen LogP contribution in [0.5, 0.6) is 0 Å². The van der Waals surface area contributed by atoms with Gasteiger partial charge in [0.15, 0.2) is 0 Å². The maximum atomic E-state index is 4.62. The Morgan fingerprint density at radius 3 is 1.08 bits per heavy atom. The van der Waals surface area contributed by atoms with E-state index >= 15 is 0 Å². The Hall–Kier alpha value is -2.55. The predicted octanol–water partition coefficient (Wildman–Crippen LogP) is 4.71. The van der Waals surface area contributed by atoms with Crippen molar-refractivity contribution in [3.05, 3.63) is 90.3 Å². The van der Waals surface area contributed by atoms with Crippen molar-refractivity contribution in [1.82, 2.24) is 15.0 Å². The van der Waals surface area contributed by atoms with Gasteiger partial charge in [-0.15, -0.1) is 0 Å². The first kappa shape index (κ1) is 15.0. The molecule has 0 radical (unpaired) electrons. The summed E-state index contributed by atoms with van der Waals surface area (Å²) in [6, 6.07) is 18.7. The lowest BCUT2D eigenvalue weighted by Gasteiger charge is -2.34. The minimum atomic E-state index is 0.457. The van der Waals surface area contributed by atoms with Gasteiger partial charge in [-0.25, -0.2) is 0 Å². The zero-order valence-electron chi connectivity index (χ0n) is 13.6. The molecule has 0 unspecified atom stereocenters. The van der Waals surface area contributed by atoms with E-state index in [1.165, 1.54) is 17.1 Å². The van der Waals surface area contributed by atoms with E-state index in [-0.39, 0.29) is 0 Å². The molecule has 3 aromatic heterocycles. The summed E-state index contributed by atoms with van der Waals surface area (Å²) in [6.07, 6.45) is 9.02. The van der Waals surface area contributed by atoms with E-state index in [1.807, 2.05) is 36.8 Å². The average Bonchev–Trinajstić information content (AvgIpc) is 2.70. The molecule has 3 heterocycles. The average molecular weight is 315 g/mol. The highest BCUT2D eigenvalue weighted by molar-refractivity contribution is 5.21. The smallest absolute Gasteiger partial charge is 0.0434 e. The summed E-state index contributed by atoms with van der Waals surface area (Å²) < 4.78 is 0. The van der Waals surface area contributed by atoms with Crippen molar-refractivity contribution < 1.29 is 0 Å². The number of hydrogen-bond donors (Lipinski definition) is 0. The highest BCUT2D eigenvalue weighted by Crippen LogP contribution is 2.46. The van der Waals surface area contributed by atoms with Crippen molar-refractivity contribution in [1.29, 1.82) is 0 Å². The summed E-state index contributed by atoms with van der Waals surface area (Å²) in [6.45, 7) is 0. The molecule has 4 rings (SSSR count). The van der Waals surface area contributed by atoms with E-state index in [4.69, 9.17) is 0 Å². The molecule has 0 spiro atoms. The van der Waals surface area contributed by atoms with Crippen LogP contribution in [-0.4, -0.2) is 15.0 Å². The SMILES string of the molecule is c1ccc(C2CC(c3ccccn3)CC(c3ccccn3)C2)nc1. The van der Waals surface area contributed by atoms with Crippen LogP contribution in [0, 0.1) is 0 Å². The van der Waals surface area contributed by atoms with Gasteiger partial charge in [0.2, 0.25) is 0 Å². The minimum Gasteiger partial charge on any atom is -0.261 e. The molecule has 0 amide bonds. The predicted molar refractivity (Wildman–Crippen MR) is 94.8 cm³/mol. The monoisotopic (exact) mass is 315 g/mol. The first-order chi connectivity index (χ1) is 11.9. The van der Waals surface area contributed by atoms with E-state index in [1.54, 1.807) is 0 Å². The van der Waals surface area contributed by atoms with Crippen LogP contribution >= 0.6 is 0 Å². The number of rotatable bonds is 3. The van der Waals surface area contributed by atoms with Gasteiger partial charge in [0, 0.05) is 53.4 Å². The van der Waals surface area contributed by atoms with Crippen LogP contribution in [0.3, 0.4) is 0 Å². The van der Waals surface area contributed by atoms with Gasteiger partial charge in [-0.3, -0.25) is 15.0 Å². The number of hydrogen-bond acceptors (Lipinski definition) is 3. The molecule has 0 atom stereocenters. The quantitative estimate of drug-likeness (QED) is 0.703. The van der Waals surface area contributed by atoms with Crippen LogP contribution in [0.15, 0.2) is 73.2 Å². The van der Waals surface area contributed by atoms with Crippen molar-refractivity contribution in [3.8, 4) is 0 Å². The van der Waals surface area contributed by atoms with E-state index in [9.17, 15) is 0 Å². The molecular weight excluding hydrogens is 294 g/mol. The third kappa shape index (κ3) is 3.21. The lowest BCUT2D eigenvalue weighted by molar-refractivity contribution is 0.339. The molecule has 0 aromatic carbocycles. The molecule has 0 N–H and O–H groups in total. The molecule has 0 saturated heterocycles. The molecule has 1 saturated carbocycles. The third-order valence-corrected chi connectivity index (χ3v) is 5.03. The topological polar surface area (TPSA) is 38.7 Å². The van der Waals surface area contributed by atoms with E-state index in [0.29, 0.717) is 17.8 Å². The first-order valence-corrected chi connectivity index (χ1v) is 8.63. The molecule has 0 aliphatic heterocycles. The third-order valence-electron chi connectivity index (χ3n) is 5.03. The van der Waals surface area contributed by atoms with Gasteiger partial charge in [0.1, 0.15) is 0 Å². The lowest BCUT2D eigenvalue weighted by atomic mass is 9.71. The normalized spacial score (nSPS) is 23.8. The standard InChI is InChI=1S/C21H21N3/c1-4-10-22-19(7-1)16-13-17(20-8-2-5-11-23-20)15-18(14-16)21-9-3-6-12-24-21/h1-12,16-18H,13-15H2. The Morgan fingerprint density at radius 2 is 0.833 bits per heavy atom. The Morgan fingerprint density at radius 1 is 0.500 bits per heavy atom. The Balaban J connectivity index is 1.66. The molecule has 0 bridgehead atoms. The van der Waals surface area contributed by atoms with Crippen LogP contribution in [0.2, 0.25) is 0 Å². The highest BCUT2D eigenvalue weighted by Gasteiger charge is 2.33.